The van der Waals surface area contributed by atoms with Gasteiger partial charge in [-0.25, -0.2) is 18.2 Å². The Morgan fingerprint density at radius 1 is 1.22 bits per heavy atom. The van der Waals surface area contributed by atoms with Crippen LogP contribution in [0.2, 0.25) is 5.02 Å². The van der Waals surface area contributed by atoms with Crippen molar-refractivity contribution in [2.24, 2.45) is 7.05 Å². The van der Waals surface area contributed by atoms with E-state index in [1.165, 1.54) is 4.31 Å². The maximum atomic E-state index is 12.8. The quantitative estimate of drug-likeness (QED) is 0.665. The number of nitrogens with zero attached hydrogens (tertiary/aromatic N) is 4. The average Bonchev–Trinajstić information content (AvgIpc) is 3.22. The van der Waals surface area contributed by atoms with Crippen molar-refractivity contribution in [3.8, 4) is 0 Å². The molecule has 0 N–H and O–H groups in total. The van der Waals surface area contributed by atoms with E-state index in [0.717, 1.165) is 5.52 Å². The van der Waals surface area contributed by atoms with Crippen molar-refractivity contribution in [1.82, 2.24) is 18.4 Å². The molecular weight excluding hydrogens is 388 g/mol. The molecule has 1 aliphatic heterocycles. The summed E-state index contributed by atoms with van der Waals surface area (Å²) in [5.41, 5.74) is 1.71. The third-order valence-corrected chi connectivity index (χ3v) is 7.19. The van der Waals surface area contributed by atoms with Crippen molar-refractivity contribution < 1.29 is 8.42 Å². The van der Waals surface area contributed by atoms with Crippen molar-refractivity contribution in [3.05, 3.63) is 63.7 Å². The Morgan fingerprint density at radius 2 is 2.00 bits per heavy atom. The van der Waals surface area contributed by atoms with Crippen LogP contribution >= 0.6 is 11.6 Å². The first-order valence-electron chi connectivity index (χ1n) is 8.61. The van der Waals surface area contributed by atoms with Crippen LogP contribution in [-0.4, -0.2) is 39.9 Å². The maximum absolute atomic E-state index is 12.8. The zero-order chi connectivity index (χ0) is 19.2. The van der Waals surface area contributed by atoms with E-state index in [4.69, 9.17) is 11.6 Å². The second-order valence-corrected chi connectivity index (χ2v) is 9.08. The van der Waals surface area contributed by atoms with Crippen LogP contribution in [0.4, 0.5) is 0 Å². The number of benzene rings is 1. The number of fused-ring (bicyclic) bond motifs is 1. The molecule has 0 amide bonds. The highest BCUT2D eigenvalue weighted by molar-refractivity contribution is 7.88. The molecule has 142 valence electrons. The summed E-state index contributed by atoms with van der Waals surface area (Å²) in [4.78, 5) is 17.0. The normalized spacial score (nSPS) is 18.4. The number of aromatic nitrogens is 3. The number of aryl methyl sites for hydroxylation is 1. The molecule has 0 unspecified atom stereocenters. The van der Waals surface area contributed by atoms with Crippen LogP contribution in [0.1, 0.15) is 18.0 Å². The van der Waals surface area contributed by atoms with Gasteiger partial charge in [0.1, 0.15) is 0 Å². The summed E-state index contributed by atoms with van der Waals surface area (Å²) >= 11 is 6.11. The number of halogens is 1. The van der Waals surface area contributed by atoms with Gasteiger partial charge in [-0.15, -0.1) is 0 Å². The first kappa shape index (κ1) is 18.2. The fourth-order valence-electron chi connectivity index (χ4n) is 3.60. The molecule has 0 saturated carbocycles. The lowest BCUT2D eigenvalue weighted by Gasteiger charge is -2.17. The van der Waals surface area contributed by atoms with Crippen molar-refractivity contribution in [2.75, 3.05) is 13.1 Å². The Balaban J connectivity index is 1.62. The number of rotatable bonds is 4. The molecule has 1 fully saturated rings. The molecule has 3 heterocycles. The largest absolute Gasteiger partial charge is 0.330 e. The minimum Gasteiger partial charge on any atom is -0.293 e. The van der Waals surface area contributed by atoms with Crippen molar-refractivity contribution >= 4 is 32.8 Å². The molecule has 7 nitrogen and oxygen atoms in total. The summed E-state index contributed by atoms with van der Waals surface area (Å²) in [6, 6.07) is 10.3. The maximum Gasteiger partial charge on any atom is 0.330 e. The molecule has 1 atom stereocenters. The highest BCUT2D eigenvalue weighted by Crippen LogP contribution is 2.28. The predicted octanol–water partition coefficient (Wildman–Crippen LogP) is 2.17. The van der Waals surface area contributed by atoms with Crippen LogP contribution in [0, 0.1) is 0 Å². The van der Waals surface area contributed by atoms with Gasteiger partial charge in [-0.3, -0.25) is 9.13 Å². The Bertz CT molecular complexity index is 1170. The fraction of sp³-hybridized carbons (Fsp3) is 0.333. The van der Waals surface area contributed by atoms with E-state index in [1.54, 1.807) is 52.7 Å². The third-order valence-electron chi connectivity index (χ3n) is 5.03. The number of hydrogen-bond acceptors (Lipinski definition) is 4. The van der Waals surface area contributed by atoms with E-state index < -0.39 is 10.0 Å². The van der Waals surface area contributed by atoms with Gasteiger partial charge in [-0.2, -0.15) is 4.31 Å². The van der Waals surface area contributed by atoms with E-state index in [9.17, 15) is 13.2 Å². The summed E-state index contributed by atoms with van der Waals surface area (Å²) in [6.07, 6.45) is 2.20. The standard InChI is InChI=1S/C18H19ClN4O3S/c1-21-16-7-4-9-20-17(16)23(18(21)24)14-8-10-22(11-14)27(25,26)12-13-5-2-3-6-15(13)19/h2-7,9,14H,8,10-12H2,1H3/t14-/m1/s1. The first-order chi connectivity index (χ1) is 12.9. The molecule has 1 aliphatic rings. The lowest BCUT2D eigenvalue weighted by Crippen LogP contribution is -2.32. The van der Waals surface area contributed by atoms with Gasteiger partial charge in [0.05, 0.1) is 17.3 Å². The van der Waals surface area contributed by atoms with Crippen LogP contribution in [0.25, 0.3) is 11.2 Å². The second kappa shape index (κ2) is 6.78. The summed E-state index contributed by atoms with van der Waals surface area (Å²) in [5, 5.41) is 0.436. The molecule has 0 radical (unpaired) electrons. The lowest BCUT2D eigenvalue weighted by molar-refractivity contribution is 0.448. The molecule has 1 aromatic carbocycles. The number of imidazole rings is 1. The third kappa shape index (κ3) is 3.18. The number of hydrogen-bond donors (Lipinski definition) is 0. The van der Waals surface area contributed by atoms with Gasteiger partial charge in [0.2, 0.25) is 10.0 Å². The van der Waals surface area contributed by atoms with Crippen molar-refractivity contribution in [2.45, 2.75) is 18.2 Å². The molecule has 0 aliphatic carbocycles. The highest BCUT2D eigenvalue weighted by atomic mass is 35.5. The van der Waals surface area contributed by atoms with Crippen LogP contribution < -0.4 is 5.69 Å². The lowest BCUT2D eigenvalue weighted by atomic mass is 10.2. The number of pyridine rings is 1. The summed E-state index contributed by atoms with van der Waals surface area (Å²) < 4.78 is 30.3. The molecule has 0 bridgehead atoms. The van der Waals surface area contributed by atoms with Gasteiger partial charge in [0, 0.05) is 31.4 Å². The minimum absolute atomic E-state index is 0.151. The van der Waals surface area contributed by atoms with E-state index in [1.807, 2.05) is 6.07 Å². The smallest absolute Gasteiger partial charge is 0.293 e. The van der Waals surface area contributed by atoms with Crippen LogP contribution in [0.15, 0.2) is 47.4 Å². The molecule has 9 heteroatoms. The van der Waals surface area contributed by atoms with Crippen LogP contribution in [-0.2, 0) is 22.8 Å². The van der Waals surface area contributed by atoms with Crippen LogP contribution in [0.3, 0.4) is 0 Å². The molecule has 2 aromatic heterocycles. The Morgan fingerprint density at radius 3 is 2.78 bits per heavy atom. The van der Waals surface area contributed by atoms with Gasteiger partial charge in [-0.05, 0) is 30.2 Å². The molecule has 27 heavy (non-hydrogen) atoms. The van der Waals surface area contributed by atoms with Crippen LogP contribution in [0.5, 0.6) is 0 Å². The van der Waals surface area contributed by atoms with Crippen molar-refractivity contribution in [1.29, 1.82) is 0 Å². The van der Waals surface area contributed by atoms with E-state index in [0.29, 0.717) is 29.2 Å². The second-order valence-electron chi connectivity index (χ2n) is 6.71. The first-order valence-corrected chi connectivity index (χ1v) is 10.6. The fourth-order valence-corrected chi connectivity index (χ4v) is 5.49. The highest BCUT2D eigenvalue weighted by Gasteiger charge is 2.34. The SMILES string of the molecule is Cn1c(=O)n([C@@H]2CCN(S(=O)(=O)Cc3ccccc3Cl)C2)c2ncccc21. The summed E-state index contributed by atoms with van der Waals surface area (Å²) in [5.74, 6) is -0.151. The van der Waals surface area contributed by atoms with Crippen molar-refractivity contribution in [3.63, 3.8) is 0 Å². The summed E-state index contributed by atoms with van der Waals surface area (Å²) in [7, 11) is -1.83. The van der Waals surface area contributed by atoms with Gasteiger partial charge in [0.25, 0.3) is 0 Å². The van der Waals surface area contributed by atoms with E-state index in [2.05, 4.69) is 4.98 Å². The predicted molar refractivity (Wildman–Crippen MR) is 104 cm³/mol. The van der Waals surface area contributed by atoms with E-state index >= 15 is 0 Å². The topological polar surface area (TPSA) is 77.2 Å². The average molecular weight is 407 g/mol. The summed E-state index contributed by atoms with van der Waals surface area (Å²) in [6.45, 7) is 0.621. The molecule has 1 saturated heterocycles. The van der Waals surface area contributed by atoms with Gasteiger partial charge >= 0.3 is 5.69 Å². The Hall–Kier alpha value is -2.16. The molecular formula is C18H19ClN4O3S. The zero-order valence-corrected chi connectivity index (χ0v) is 16.3. The van der Waals surface area contributed by atoms with Gasteiger partial charge in [0.15, 0.2) is 5.65 Å². The Kier molecular flexibility index (Phi) is 4.57. The van der Waals surface area contributed by atoms with Gasteiger partial charge in [-0.1, -0.05) is 29.8 Å². The van der Waals surface area contributed by atoms with E-state index in [-0.39, 0.29) is 24.0 Å². The minimum atomic E-state index is -3.53. The van der Waals surface area contributed by atoms with Gasteiger partial charge < -0.3 is 0 Å². The zero-order valence-electron chi connectivity index (χ0n) is 14.7. The number of sulfonamides is 1. The molecule has 0 spiro atoms. The molecule has 3 aromatic rings. The monoisotopic (exact) mass is 406 g/mol. The molecule has 4 rings (SSSR count). The Labute approximate surface area is 161 Å².